The molecule has 1 spiro atoms. The number of unbranched alkanes of at least 4 members (excludes halogenated alkanes) is 2. The van der Waals surface area contributed by atoms with Gasteiger partial charge in [0.25, 0.3) is 0 Å². The van der Waals surface area contributed by atoms with Gasteiger partial charge in [-0.1, -0.05) is 79.8 Å². The minimum atomic E-state index is -1.30. The van der Waals surface area contributed by atoms with Gasteiger partial charge in [-0.2, -0.15) is 0 Å². The Hall–Kier alpha value is -1.16. The molecule has 3 nitrogen and oxygen atoms in total. The maximum Gasteiger partial charge on any atom is 0.218 e. The lowest BCUT2D eigenvalue weighted by Gasteiger charge is -2.37. The molecule has 1 atom stereocenters. The predicted molar refractivity (Wildman–Crippen MR) is 134 cm³/mol. The van der Waals surface area contributed by atoms with Crippen LogP contribution >= 0.6 is 15.9 Å². The molecule has 1 aromatic carbocycles. The summed E-state index contributed by atoms with van der Waals surface area (Å²) in [5, 5.41) is 11.1. The van der Waals surface area contributed by atoms with Crippen molar-refractivity contribution in [3.05, 3.63) is 51.5 Å². The minimum Gasteiger partial charge on any atom is -0.383 e. The Bertz CT molecular complexity index is 890. The van der Waals surface area contributed by atoms with Gasteiger partial charge in [-0.15, -0.1) is 11.5 Å². The molecule has 2 aliphatic rings. The van der Waals surface area contributed by atoms with Crippen molar-refractivity contribution in [3.63, 3.8) is 0 Å². The third kappa shape index (κ3) is 6.43. The smallest absolute Gasteiger partial charge is 0.218 e. The van der Waals surface area contributed by atoms with Gasteiger partial charge < -0.3 is 14.6 Å². The molecule has 5 heteroatoms. The summed E-state index contributed by atoms with van der Waals surface area (Å²) in [4.78, 5) is 0. The summed E-state index contributed by atoms with van der Waals surface area (Å²) in [6.45, 7) is 12.3. The molecule has 168 valence electrons. The molecule has 1 heterocycles. The van der Waals surface area contributed by atoms with Crippen LogP contribution in [0.25, 0.3) is 6.08 Å². The topological polar surface area (TPSA) is 38.7 Å². The highest BCUT2D eigenvalue weighted by Crippen LogP contribution is 2.56. The zero-order valence-electron chi connectivity index (χ0n) is 19.4. The third-order valence-corrected chi connectivity index (χ3v) is 7.02. The largest absolute Gasteiger partial charge is 0.383 e. The molecule has 1 unspecified atom stereocenters. The van der Waals surface area contributed by atoms with E-state index in [0.29, 0.717) is 13.2 Å². The second kappa shape index (κ2) is 9.76. The highest BCUT2D eigenvalue weighted by atomic mass is 79.9. The second-order valence-corrected chi connectivity index (χ2v) is 16.0. The van der Waals surface area contributed by atoms with E-state index >= 15 is 0 Å². The predicted octanol–water partition coefficient (Wildman–Crippen LogP) is 6.30. The van der Waals surface area contributed by atoms with Crippen LogP contribution in [0.2, 0.25) is 19.6 Å². The summed E-state index contributed by atoms with van der Waals surface area (Å²) in [6.07, 6.45) is 5.06. The first kappa shape index (κ1) is 24.5. The summed E-state index contributed by atoms with van der Waals surface area (Å²) in [6, 6.07) is 10.00. The van der Waals surface area contributed by atoms with Crippen LogP contribution in [0.5, 0.6) is 0 Å². The Balaban J connectivity index is 1.69. The maximum atomic E-state index is 11.1. The first-order valence-electron chi connectivity index (χ1n) is 11.2. The fourth-order valence-corrected chi connectivity index (χ4v) is 4.88. The monoisotopic (exact) mass is 502 g/mol. The van der Waals surface area contributed by atoms with Crippen LogP contribution in [0.15, 0.2) is 46.0 Å². The molecule has 0 aromatic heterocycles. The molecule has 0 bridgehead atoms. The zero-order valence-corrected chi connectivity index (χ0v) is 22.0. The van der Waals surface area contributed by atoms with Crippen molar-refractivity contribution in [2.24, 2.45) is 5.41 Å². The van der Waals surface area contributed by atoms with E-state index in [4.69, 9.17) is 9.47 Å². The summed E-state index contributed by atoms with van der Waals surface area (Å²) in [5.74, 6) is 2.53. The fraction of sp³-hybridized carbons (Fsp3) is 0.538. The summed E-state index contributed by atoms with van der Waals surface area (Å²) >= 11 is 3.59. The van der Waals surface area contributed by atoms with Crippen molar-refractivity contribution in [2.75, 3.05) is 13.2 Å². The highest BCUT2D eigenvalue weighted by Gasteiger charge is 2.61. The third-order valence-electron chi connectivity index (χ3n) is 5.43. The molecule has 0 radical (unpaired) electrons. The van der Waals surface area contributed by atoms with E-state index in [-0.39, 0.29) is 5.41 Å². The highest BCUT2D eigenvalue weighted by molar-refractivity contribution is 9.11. The normalized spacial score (nSPS) is 20.9. The number of ether oxygens (including phenoxy) is 2. The van der Waals surface area contributed by atoms with E-state index in [1.165, 1.54) is 0 Å². The molecule has 31 heavy (non-hydrogen) atoms. The van der Waals surface area contributed by atoms with Crippen LogP contribution in [0, 0.1) is 16.9 Å². The van der Waals surface area contributed by atoms with Crippen LogP contribution in [-0.2, 0) is 9.47 Å². The molecular formula is C26H35BrO3Si. The van der Waals surface area contributed by atoms with Gasteiger partial charge >= 0.3 is 0 Å². The van der Waals surface area contributed by atoms with Gasteiger partial charge in [0.2, 0.25) is 5.79 Å². The van der Waals surface area contributed by atoms with Crippen LogP contribution < -0.4 is 0 Å². The number of aliphatic hydroxyl groups excluding tert-OH is 1. The zero-order chi connectivity index (χ0) is 22.7. The van der Waals surface area contributed by atoms with Crippen LogP contribution in [-0.4, -0.2) is 38.3 Å². The van der Waals surface area contributed by atoms with Gasteiger partial charge in [0.1, 0.15) is 14.2 Å². The van der Waals surface area contributed by atoms with Gasteiger partial charge in [0, 0.05) is 27.5 Å². The standard InChI is InChI=1S/C26H35BrO3Si/c1-25(2)18-29-26(30-19-25)21(15-11-6-7-12-16-31(3,4)5)23(26)24(28)22(27)17-20-13-9-8-10-14-20/h8-10,13-14,17,24,28H,6-7,11,15,18-19H2,1-5H3/b22-17-. The molecule has 0 amide bonds. The quantitative estimate of drug-likeness (QED) is 0.205. The average Bonchev–Trinajstić information content (AvgIpc) is 3.32. The van der Waals surface area contributed by atoms with Gasteiger partial charge in [-0.05, 0) is 30.9 Å². The van der Waals surface area contributed by atoms with Crippen LogP contribution in [0.3, 0.4) is 0 Å². The van der Waals surface area contributed by atoms with Gasteiger partial charge in [-0.25, -0.2) is 0 Å². The molecule has 1 saturated heterocycles. The number of hydrogen-bond donors (Lipinski definition) is 1. The van der Waals surface area contributed by atoms with Crippen molar-refractivity contribution < 1.29 is 14.6 Å². The van der Waals surface area contributed by atoms with Crippen LogP contribution in [0.4, 0.5) is 0 Å². The first-order valence-corrected chi connectivity index (χ1v) is 15.5. The van der Waals surface area contributed by atoms with E-state index in [1.807, 2.05) is 36.4 Å². The SMILES string of the molecule is CC1(C)COC2(OC1)C(CCCCC#C[Si](C)(C)C)=C2C(O)/C(Br)=C/c1ccccc1. The van der Waals surface area contributed by atoms with Crippen LogP contribution in [0.1, 0.15) is 45.1 Å². The molecule has 1 fully saturated rings. The van der Waals surface area contributed by atoms with Crippen molar-refractivity contribution in [1.82, 2.24) is 0 Å². The maximum absolute atomic E-state index is 11.1. The van der Waals surface area contributed by atoms with E-state index in [0.717, 1.165) is 46.9 Å². The number of hydrogen-bond acceptors (Lipinski definition) is 3. The average molecular weight is 504 g/mol. The molecule has 1 aliphatic heterocycles. The Morgan fingerprint density at radius 2 is 1.81 bits per heavy atom. The van der Waals surface area contributed by atoms with Crippen molar-refractivity contribution >= 4 is 30.1 Å². The lowest BCUT2D eigenvalue weighted by Crippen LogP contribution is -2.43. The fourth-order valence-electron chi connectivity index (χ4n) is 3.73. The summed E-state index contributed by atoms with van der Waals surface area (Å²) < 4.78 is 13.2. The van der Waals surface area contributed by atoms with E-state index in [9.17, 15) is 5.11 Å². The molecule has 1 aromatic rings. The van der Waals surface area contributed by atoms with E-state index < -0.39 is 20.0 Å². The second-order valence-electron chi connectivity index (χ2n) is 10.4. The van der Waals surface area contributed by atoms with Crippen molar-refractivity contribution in [1.29, 1.82) is 0 Å². The lowest BCUT2D eigenvalue weighted by molar-refractivity contribution is -0.236. The molecule has 1 N–H and O–H groups in total. The molecule has 0 saturated carbocycles. The number of rotatable bonds is 7. The van der Waals surface area contributed by atoms with Gasteiger partial charge in [-0.3, -0.25) is 0 Å². The summed E-state index contributed by atoms with van der Waals surface area (Å²) in [7, 11) is -1.30. The Morgan fingerprint density at radius 1 is 1.16 bits per heavy atom. The Kier molecular flexibility index (Phi) is 7.71. The number of halogens is 1. The van der Waals surface area contributed by atoms with E-state index in [2.05, 4.69) is 60.9 Å². The number of aliphatic hydroxyl groups is 1. The van der Waals surface area contributed by atoms with E-state index in [1.54, 1.807) is 0 Å². The molecular weight excluding hydrogens is 468 g/mol. The molecule has 3 rings (SSSR count). The number of benzene rings is 1. The Labute approximate surface area is 197 Å². The van der Waals surface area contributed by atoms with Gasteiger partial charge in [0.15, 0.2) is 0 Å². The first-order chi connectivity index (χ1) is 14.5. The van der Waals surface area contributed by atoms with Crippen molar-refractivity contribution in [2.45, 2.75) is 71.1 Å². The van der Waals surface area contributed by atoms with Gasteiger partial charge in [0.05, 0.1) is 13.2 Å². The van der Waals surface area contributed by atoms with Crippen molar-refractivity contribution in [3.8, 4) is 11.5 Å². The molecule has 1 aliphatic carbocycles. The minimum absolute atomic E-state index is 0.0153. The summed E-state index contributed by atoms with van der Waals surface area (Å²) in [5.41, 5.74) is 6.43. The lowest BCUT2D eigenvalue weighted by atomic mass is 9.95. The Morgan fingerprint density at radius 3 is 2.42 bits per heavy atom.